The Morgan fingerprint density at radius 3 is 2.36 bits per heavy atom. The first-order valence-electron chi connectivity index (χ1n) is 10.6. The fraction of sp³-hybridized carbons (Fsp3) is 0.154. The first-order valence-corrected chi connectivity index (χ1v) is 10.6. The molecule has 1 aliphatic heterocycles. The number of benzene rings is 2. The van der Waals surface area contributed by atoms with Gasteiger partial charge in [-0.1, -0.05) is 35.9 Å². The Labute approximate surface area is 192 Å². The van der Waals surface area contributed by atoms with Crippen molar-refractivity contribution in [2.75, 3.05) is 10.6 Å². The molecular weight excluding hydrogens is 416 g/mol. The molecule has 0 saturated heterocycles. The van der Waals surface area contributed by atoms with Gasteiger partial charge in [-0.25, -0.2) is 0 Å². The van der Waals surface area contributed by atoms with Crippen molar-refractivity contribution in [3.63, 3.8) is 0 Å². The maximum Gasteiger partial charge on any atom is 0.278 e. The molecule has 0 aliphatic carbocycles. The highest BCUT2D eigenvalue weighted by molar-refractivity contribution is 6.36. The lowest BCUT2D eigenvalue weighted by atomic mass is 10.0. The second kappa shape index (κ2) is 9.08. The summed E-state index contributed by atoms with van der Waals surface area (Å²) in [7, 11) is 0. The molecule has 1 aliphatic rings. The number of imide groups is 1. The van der Waals surface area contributed by atoms with Gasteiger partial charge in [-0.05, 0) is 55.3 Å². The monoisotopic (exact) mass is 440 g/mol. The van der Waals surface area contributed by atoms with E-state index in [1.54, 1.807) is 42.6 Å². The number of hydrogen-bond acceptors (Lipinski definition) is 5. The smallest absolute Gasteiger partial charge is 0.278 e. The Hall–Kier alpha value is -4.26. The van der Waals surface area contributed by atoms with Crippen LogP contribution in [0.2, 0.25) is 0 Å². The van der Waals surface area contributed by atoms with E-state index in [0.29, 0.717) is 16.9 Å². The number of rotatable bonds is 6. The lowest BCUT2D eigenvalue weighted by Crippen LogP contribution is -2.32. The van der Waals surface area contributed by atoms with Crippen molar-refractivity contribution in [3.05, 3.63) is 94.9 Å². The van der Waals surface area contributed by atoms with Crippen LogP contribution >= 0.6 is 0 Å². The predicted octanol–water partition coefficient (Wildman–Crippen LogP) is 4.05. The molecule has 3 aromatic rings. The summed E-state index contributed by atoms with van der Waals surface area (Å²) in [5.74, 6) is -0.996. The van der Waals surface area contributed by atoms with Gasteiger partial charge in [-0.3, -0.25) is 24.3 Å². The molecule has 2 aromatic carbocycles. The number of hydrogen-bond donors (Lipinski definition) is 2. The molecule has 166 valence electrons. The number of nitrogens with zero attached hydrogens (tertiary/aromatic N) is 2. The highest BCUT2D eigenvalue weighted by atomic mass is 16.2. The second-order valence-corrected chi connectivity index (χ2v) is 7.97. The molecule has 0 fully saturated rings. The van der Waals surface area contributed by atoms with E-state index in [4.69, 9.17) is 0 Å². The van der Waals surface area contributed by atoms with E-state index in [1.807, 2.05) is 38.1 Å². The number of pyridine rings is 1. The topological polar surface area (TPSA) is 91.4 Å². The number of amides is 3. The van der Waals surface area contributed by atoms with Gasteiger partial charge in [0.1, 0.15) is 5.70 Å². The summed E-state index contributed by atoms with van der Waals surface area (Å²) in [4.78, 5) is 43.6. The highest BCUT2D eigenvalue weighted by Gasteiger charge is 2.39. The van der Waals surface area contributed by atoms with E-state index in [2.05, 4.69) is 15.6 Å². The van der Waals surface area contributed by atoms with Crippen molar-refractivity contribution < 1.29 is 14.4 Å². The lowest BCUT2D eigenvalue weighted by molar-refractivity contribution is -0.137. The summed E-state index contributed by atoms with van der Waals surface area (Å²) < 4.78 is 0. The Bertz CT molecular complexity index is 1260. The minimum absolute atomic E-state index is 0.0735. The maximum absolute atomic E-state index is 13.4. The lowest BCUT2D eigenvalue weighted by Gasteiger charge is -2.15. The molecule has 0 atom stereocenters. The minimum atomic E-state index is -0.411. The standard InChI is InChI=1S/C26H24N4O3/c1-16-7-12-22(17(2)14-16)29-24-23(19-8-10-20(11-9-19)28-18(3)31)25(32)30(26(24)33)15-21-6-4-5-13-27-21/h4-14,29H,15H2,1-3H3,(H,28,31). The van der Waals surface area contributed by atoms with Gasteiger partial charge in [-0.15, -0.1) is 0 Å². The number of carbonyl (C=O) groups is 3. The third kappa shape index (κ3) is 4.67. The Balaban J connectivity index is 1.74. The number of aryl methyl sites for hydroxylation is 2. The zero-order valence-electron chi connectivity index (χ0n) is 18.7. The third-order valence-electron chi connectivity index (χ3n) is 5.35. The van der Waals surface area contributed by atoms with Gasteiger partial charge in [-0.2, -0.15) is 0 Å². The van der Waals surface area contributed by atoms with E-state index in [9.17, 15) is 14.4 Å². The van der Waals surface area contributed by atoms with Gasteiger partial charge >= 0.3 is 0 Å². The van der Waals surface area contributed by atoms with Gasteiger partial charge in [0.15, 0.2) is 0 Å². The van der Waals surface area contributed by atoms with Crippen LogP contribution in [-0.2, 0) is 20.9 Å². The predicted molar refractivity (Wildman–Crippen MR) is 127 cm³/mol. The maximum atomic E-state index is 13.4. The molecule has 0 spiro atoms. The van der Waals surface area contributed by atoms with Crippen LogP contribution in [0, 0.1) is 13.8 Å². The summed E-state index contributed by atoms with van der Waals surface area (Å²) in [5.41, 5.74) is 5.13. The average Bonchev–Trinajstić information content (AvgIpc) is 3.01. The van der Waals surface area contributed by atoms with Crippen molar-refractivity contribution in [2.24, 2.45) is 0 Å². The molecule has 2 N–H and O–H groups in total. The van der Waals surface area contributed by atoms with E-state index in [-0.39, 0.29) is 23.7 Å². The highest BCUT2D eigenvalue weighted by Crippen LogP contribution is 2.32. The first-order chi connectivity index (χ1) is 15.8. The molecule has 3 amide bonds. The first kappa shape index (κ1) is 22.0. The molecule has 33 heavy (non-hydrogen) atoms. The zero-order chi connectivity index (χ0) is 23.5. The van der Waals surface area contributed by atoms with Gasteiger partial charge in [0.2, 0.25) is 5.91 Å². The van der Waals surface area contributed by atoms with Gasteiger partial charge in [0, 0.05) is 24.5 Å². The van der Waals surface area contributed by atoms with E-state index >= 15 is 0 Å². The minimum Gasteiger partial charge on any atom is -0.350 e. The zero-order valence-corrected chi connectivity index (χ0v) is 18.7. The molecule has 0 saturated carbocycles. The second-order valence-electron chi connectivity index (χ2n) is 7.97. The molecule has 7 nitrogen and oxygen atoms in total. The van der Waals surface area contributed by atoms with Crippen molar-refractivity contribution in [3.8, 4) is 0 Å². The van der Waals surface area contributed by atoms with Crippen LogP contribution < -0.4 is 10.6 Å². The van der Waals surface area contributed by atoms with Gasteiger partial charge < -0.3 is 10.6 Å². The van der Waals surface area contributed by atoms with Crippen LogP contribution in [0.15, 0.2) is 72.6 Å². The Morgan fingerprint density at radius 1 is 0.970 bits per heavy atom. The number of carbonyl (C=O) groups excluding carboxylic acids is 3. The van der Waals surface area contributed by atoms with Crippen molar-refractivity contribution >= 4 is 34.7 Å². The molecule has 0 bridgehead atoms. The fourth-order valence-corrected chi connectivity index (χ4v) is 3.77. The van der Waals surface area contributed by atoms with E-state index in [0.717, 1.165) is 16.8 Å². The molecule has 0 radical (unpaired) electrons. The largest absolute Gasteiger partial charge is 0.350 e. The molecular formula is C26H24N4O3. The van der Waals surface area contributed by atoms with Gasteiger partial charge in [0.05, 0.1) is 17.8 Å². The molecule has 1 aromatic heterocycles. The number of aromatic nitrogens is 1. The third-order valence-corrected chi connectivity index (χ3v) is 5.35. The average molecular weight is 441 g/mol. The van der Waals surface area contributed by atoms with Crippen LogP contribution in [0.1, 0.15) is 29.3 Å². The normalized spacial score (nSPS) is 13.5. The fourth-order valence-electron chi connectivity index (χ4n) is 3.77. The molecule has 4 rings (SSSR count). The van der Waals surface area contributed by atoms with Crippen molar-refractivity contribution in [1.82, 2.24) is 9.88 Å². The van der Waals surface area contributed by atoms with Crippen LogP contribution in [0.3, 0.4) is 0 Å². The van der Waals surface area contributed by atoms with E-state index < -0.39 is 11.8 Å². The van der Waals surface area contributed by atoms with Crippen molar-refractivity contribution in [1.29, 1.82) is 0 Å². The Kier molecular flexibility index (Phi) is 6.04. The van der Waals surface area contributed by atoms with E-state index in [1.165, 1.54) is 11.8 Å². The molecule has 0 unspecified atom stereocenters. The van der Waals surface area contributed by atoms with Crippen LogP contribution in [-0.4, -0.2) is 27.6 Å². The summed E-state index contributed by atoms with van der Waals surface area (Å²) in [6.45, 7) is 5.45. The van der Waals surface area contributed by atoms with Crippen LogP contribution in [0.4, 0.5) is 11.4 Å². The summed E-state index contributed by atoms with van der Waals surface area (Å²) in [6.07, 6.45) is 1.63. The van der Waals surface area contributed by atoms with Crippen molar-refractivity contribution in [2.45, 2.75) is 27.3 Å². The SMILES string of the molecule is CC(=O)Nc1ccc(C2=C(Nc3ccc(C)cc3C)C(=O)N(Cc3ccccn3)C2=O)cc1. The van der Waals surface area contributed by atoms with Crippen LogP contribution in [0.5, 0.6) is 0 Å². The quantitative estimate of drug-likeness (QED) is 0.565. The molecule has 2 heterocycles. The number of anilines is 2. The summed E-state index contributed by atoms with van der Waals surface area (Å²) in [6, 6.07) is 18.1. The van der Waals surface area contributed by atoms with Gasteiger partial charge in [0.25, 0.3) is 11.8 Å². The summed E-state index contributed by atoms with van der Waals surface area (Å²) in [5, 5.41) is 5.91. The summed E-state index contributed by atoms with van der Waals surface area (Å²) >= 11 is 0. The van der Waals surface area contributed by atoms with Crippen LogP contribution in [0.25, 0.3) is 5.57 Å². The number of nitrogens with one attached hydrogen (secondary N) is 2. The Morgan fingerprint density at radius 2 is 1.73 bits per heavy atom. The molecule has 7 heteroatoms.